The van der Waals surface area contributed by atoms with Crippen molar-refractivity contribution in [3.63, 3.8) is 0 Å². The lowest BCUT2D eigenvalue weighted by Crippen LogP contribution is -1.96. The minimum Gasteiger partial charge on any atom is -0.494 e. The van der Waals surface area contributed by atoms with E-state index >= 15 is 0 Å². The Morgan fingerprint density at radius 1 is 0.880 bits per heavy atom. The third-order valence-electron chi connectivity index (χ3n) is 4.15. The van der Waals surface area contributed by atoms with Crippen LogP contribution in [0.25, 0.3) is 16.6 Å². The maximum absolute atomic E-state index is 5.86. The van der Waals surface area contributed by atoms with Gasteiger partial charge in [0.25, 0.3) is 0 Å². The molecule has 132 valence electrons. The van der Waals surface area contributed by atoms with Crippen molar-refractivity contribution in [2.75, 3.05) is 13.2 Å². The smallest absolute Gasteiger partial charge is 0.120 e. The van der Waals surface area contributed by atoms with Crippen molar-refractivity contribution in [1.29, 1.82) is 0 Å². The summed E-state index contributed by atoms with van der Waals surface area (Å²) in [6.07, 6.45) is 6.90. The molecular weight excluding hydrogens is 312 g/mol. The Balaban J connectivity index is 1.69. The zero-order valence-electron chi connectivity index (χ0n) is 15.1. The second kappa shape index (κ2) is 8.56. The van der Waals surface area contributed by atoms with Crippen molar-refractivity contribution in [2.24, 2.45) is 0 Å². The average Bonchev–Trinajstić information content (AvgIpc) is 3.06. The summed E-state index contributed by atoms with van der Waals surface area (Å²) in [7, 11) is 0. The number of ether oxygens (including phenoxy) is 2. The van der Waals surface area contributed by atoms with Crippen LogP contribution in [0.3, 0.4) is 0 Å². The van der Waals surface area contributed by atoms with E-state index in [4.69, 9.17) is 9.47 Å². The van der Waals surface area contributed by atoms with Crippen molar-refractivity contribution in [3.8, 4) is 17.2 Å². The molecule has 0 aliphatic carbocycles. The largest absolute Gasteiger partial charge is 0.494 e. The SMILES string of the molecule is CCCCCCOc1ccc2nn(-c3ccc(OCC)cc3)cc2c1. The average molecular weight is 338 g/mol. The van der Waals surface area contributed by atoms with Crippen LogP contribution in [-0.4, -0.2) is 23.0 Å². The lowest BCUT2D eigenvalue weighted by atomic mass is 10.2. The van der Waals surface area contributed by atoms with Crippen molar-refractivity contribution < 1.29 is 9.47 Å². The van der Waals surface area contributed by atoms with Crippen LogP contribution in [0.1, 0.15) is 39.5 Å². The highest BCUT2D eigenvalue weighted by Gasteiger charge is 2.05. The van der Waals surface area contributed by atoms with E-state index in [2.05, 4.69) is 18.1 Å². The molecular formula is C21H26N2O2. The van der Waals surface area contributed by atoms with Crippen molar-refractivity contribution in [2.45, 2.75) is 39.5 Å². The second-order valence-corrected chi connectivity index (χ2v) is 6.13. The normalized spacial score (nSPS) is 11.0. The third-order valence-corrected chi connectivity index (χ3v) is 4.15. The van der Waals surface area contributed by atoms with Gasteiger partial charge in [-0.1, -0.05) is 26.2 Å². The monoisotopic (exact) mass is 338 g/mol. The molecule has 0 radical (unpaired) electrons. The molecule has 0 aliphatic rings. The molecule has 1 heterocycles. The predicted molar refractivity (Wildman–Crippen MR) is 102 cm³/mol. The first-order valence-electron chi connectivity index (χ1n) is 9.15. The summed E-state index contributed by atoms with van der Waals surface area (Å²) in [6.45, 7) is 5.65. The van der Waals surface area contributed by atoms with Crippen LogP contribution in [0, 0.1) is 0 Å². The first-order valence-corrected chi connectivity index (χ1v) is 9.15. The fraction of sp³-hybridized carbons (Fsp3) is 0.381. The van der Waals surface area contributed by atoms with Gasteiger partial charge < -0.3 is 9.47 Å². The molecule has 0 aliphatic heterocycles. The van der Waals surface area contributed by atoms with Gasteiger partial charge in [-0.05, 0) is 55.8 Å². The summed E-state index contributed by atoms with van der Waals surface area (Å²) >= 11 is 0. The molecule has 2 aromatic carbocycles. The number of rotatable bonds is 9. The number of unbranched alkanes of at least 4 members (excludes halogenated alkanes) is 3. The van der Waals surface area contributed by atoms with Gasteiger partial charge in [0.05, 0.1) is 24.4 Å². The molecule has 0 atom stereocenters. The van der Waals surface area contributed by atoms with E-state index in [1.165, 1.54) is 19.3 Å². The minimum atomic E-state index is 0.673. The number of benzene rings is 2. The Morgan fingerprint density at radius 2 is 1.68 bits per heavy atom. The van der Waals surface area contributed by atoms with Crippen LogP contribution < -0.4 is 9.47 Å². The maximum atomic E-state index is 5.86. The Bertz CT molecular complexity index is 793. The summed E-state index contributed by atoms with van der Waals surface area (Å²) in [5, 5.41) is 5.72. The topological polar surface area (TPSA) is 36.3 Å². The van der Waals surface area contributed by atoms with E-state index in [0.717, 1.165) is 41.1 Å². The van der Waals surface area contributed by atoms with Crippen LogP contribution >= 0.6 is 0 Å². The van der Waals surface area contributed by atoms with Gasteiger partial charge in [-0.2, -0.15) is 5.10 Å². The van der Waals surface area contributed by atoms with Gasteiger partial charge in [-0.25, -0.2) is 4.68 Å². The highest BCUT2D eigenvalue weighted by atomic mass is 16.5. The molecule has 0 bridgehead atoms. The van der Waals surface area contributed by atoms with Gasteiger partial charge in [-0.3, -0.25) is 0 Å². The highest BCUT2D eigenvalue weighted by molar-refractivity contribution is 5.80. The zero-order valence-corrected chi connectivity index (χ0v) is 15.1. The van der Waals surface area contributed by atoms with Crippen molar-refractivity contribution in [3.05, 3.63) is 48.7 Å². The minimum absolute atomic E-state index is 0.673. The van der Waals surface area contributed by atoms with Gasteiger partial charge in [0, 0.05) is 11.6 Å². The molecule has 4 heteroatoms. The van der Waals surface area contributed by atoms with Crippen LogP contribution in [0.4, 0.5) is 0 Å². The highest BCUT2D eigenvalue weighted by Crippen LogP contribution is 2.22. The molecule has 0 saturated carbocycles. The molecule has 1 aromatic heterocycles. The fourth-order valence-corrected chi connectivity index (χ4v) is 2.81. The molecule has 3 rings (SSSR count). The quantitative estimate of drug-likeness (QED) is 0.491. The van der Waals surface area contributed by atoms with Crippen LogP contribution in [0.15, 0.2) is 48.7 Å². The number of fused-ring (bicyclic) bond motifs is 1. The van der Waals surface area contributed by atoms with Gasteiger partial charge >= 0.3 is 0 Å². The summed E-state index contributed by atoms with van der Waals surface area (Å²) in [4.78, 5) is 0. The third kappa shape index (κ3) is 4.53. The summed E-state index contributed by atoms with van der Waals surface area (Å²) in [5.74, 6) is 1.79. The van der Waals surface area contributed by atoms with Crippen LogP contribution in [-0.2, 0) is 0 Å². The lowest BCUT2D eigenvalue weighted by Gasteiger charge is -2.05. The first-order chi connectivity index (χ1) is 12.3. The van der Waals surface area contributed by atoms with Gasteiger partial charge in [0.15, 0.2) is 0 Å². The maximum Gasteiger partial charge on any atom is 0.120 e. The zero-order chi connectivity index (χ0) is 17.5. The summed E-state index contributed by atoms with van der Waals surface area (Å²) < 4.78 is 13.2. The second-order valence-electron chi connectivity index (χ2n) is 6.13. The first kappa shape index (κ1) is 17.3. The van der Waals surface area contributed by atoms with Crippen molar-refractivity contribution >= 4 is 10.9 Å². The number of hydrogen-bond donors (Lipinski definition) is 0. The molecule has 0 amide bonds. The fourth-order valence-electron chi connectivity index (χ4n) is 2.81. The molecule has 0 unspecified atom stereocenters. The standard InChI is InChI=1S/C21H26N2O2/c1-3-5-6-7-14-25-20-12-13-21-17(15-20)16-23(22-21)18-8-10-19(11-9-18)24-4-2/h8-13,15-16H,3-7,14H2,1-2H3. The van der Waals surface area contributed by atoms with Gasteiger partial charge in [0.2, 0.25) is 0 Å². The van der Waals surface area contributed by atoms with E-state index in [1.54, 1.807) is 0 Å². The molecule has 0 saturated heterocycles. The van der Waals surface area contributed by atoms with E-state index < -0.39 is 0 Å². The van der Waals surface area contributed by atoms with E-state index in [1.807, 2.05) is 54.2 Å². The molecule has 4 nitrogen and oxygen atoms in total. The summed E-state index contributed by atoms with van der Waals surface area (Å²) in [6, 6.07) is 14.0. The summed E-state index contributed by atoms with van der Waals surface area (Å²) in [5.41, 5.74) is 1.98. The van der Waals surface area contributed by atoms with E-state index in [-0.39, 0.29) is 0 Å². The van der Waals surface area contributed by atoms with E-state index in [9.17, 15) is 0 Å². The molecule has 25 heavy (non-hydrogen) atoms. The lowest BCUT2D eigenvalue weighted by molar-refractivity contribution is 0.305. The Morgan fingerprint density at radius 3 is 2.44 bits per heavy atom. The Hall–Kier alpha value is -2.49. The number of hydrogen-bond acceptors (Lipinski definition) is 3. The molecule has 3 aromatic rings. The van der Waals surface area contributed by atoms with Gasteiger partial charge in [-0.15, -0.1) is 0 Å². The van der Waals surface area contributed by atoms with Gasteiger partial charge in [0.1, 0.15) is 11.5 Å². The molecule has 0 fully saturated rings. The van der Waals surface area contributed by atoms with Crippen LogP contribution in [0.5, 0.6) is 11.5 Å². The molecule has 0 spiro atoms. The Kier molecular flexibility index (Phi) is 5.94. The van der Waals surface area contributed by atoms with Crippen LogP contribution in [0.2, 0.25) is 0 Å². The number of nitrogens with zero attached hydrogens (tertiary/aromatic N) is 2. The molecule has 0 N–H and O–H groups in total. The Labute approximate surface area is 149 Å². The number of aromatic nitrogens is 2. The van der Waals surface area contributed by atoms with Crippen molar-refractivity contribution in [1.82, 2.24) is 9.78 Å². The predicted octanol–water partition coefficient (Wildman–Crippen LogP) is 5.38. The van der Waals surface area contributed by atoms with E-state index in [0.29, 0.717) is 6.61 Å².